The van der Waals surface area contributed by atoms with Crippen LogP contribution >= 0.6 is 0 Å². The van der Waals surface area contributed by atoms with Crippen LogP contribution in [0.4, 0.5) is 3.55 Å². The number of halogens is 1. The predicted octanol–water partition coefficient (Wildman–Crippen LogP) is 2.10. The molecule has 0 aromatic heterocycles. The normalized spacial score (nSPS) is 6.88. The molecular formula is C6H6CuF. The largest absolute Gasteiger partial charge is 0.0623 e. The van der Waals surface area contributed by atoms with Gasteiger partial charge < -0.3 is 0 Å². The first-order valence-corrected chi connectivity index (χ1v) is 2.47. The summed E-state index contributed by atoms with van der Waals surface area (Å²) in [6.07, 6.45) is 0. The van der Waals surface area contributed by atoms with Crippen molar-refractivity contribution < 1.29 is 20.0 Å². The molecular weight excluding hydrogens is 155 g/mol. The van der Waals surface area contributed by atoms with E-state index in [-0.39, 0.29) is 0 Å². The summed E-state index contributed by atoms with van der Waals surface area (Å²) in [6.45, 7) is 0. The maximum atomic E-state index is 9.06. The summed E-state index contributed by atoms with van der Waals surface area (Å²) >= 11 is 2.69. The Bertz CT molecular complexity index is 80.5. The third-order valence-corrected chi connectivity index (χ3v) is 0.667. The summed E-state index contributed by atoms with van der Waals surface area (Å²) in [5.74, 6) is 0. The maximum Gasteiger partial charge on any atom is -0.0623 e. The van der Waals surface area contributed by atoms with Gasteiger partial charge in [0.15, 0.2) is 0 Å². The fourth-order valence-electron chi connectivity index (χ4n) is 0.385. The van der Waals surface area contributed by atoms with E-state index in [1.165, 1.54) is 0 Å². The minimum atomic E-state index is 2.00. The van der Waals surface area contributed by atoms with E-state index in [1.54, 1.807) is 0 Å². The van der Waals surface area contributed by atoms with Crippen LogP contribution < -0.4 is 0 Å². The Balaban J connectivity index is 0.000000222. The molecule has 2 heteroatoms. The molecule has 0 N–H and O–H groups in total. The number of benzene rings is 1. The van der Waals surface area contributed by atoms with Gasteiger partial charge in [0, 0.05) is 0 Å². The van der Waals surface area contributed by atoms with Crippen LogP contribution in [-0.4, -0.2) is 0 Å². The van der Waals surface area contributed by atoms with E-state index in [2.05, 4.69) is 16.5 Å². The van der Waals surface area contributed by atoms with Gasteiger partial charge >= 0.3 is 20.0 Å². The monoisotopic (exact) mass is 160 g/mol. The number of hydrogen-bond donors (Lipinski definition) is 0. The van der Waals surface area contributed by atoms with Gasteiger partial charge in [0.05, 0.1) is 0 Å². The van der Waals surface area contributed by atoms with Gasteiger partial charge in [-0.1, -0.05) is 36.4 Å². The van der Waals surface area contributed by atoms with E-state index in [0.717, 1.165) is 0 Å². The Morgan fingerprint density at radius 2 is 0.750 bits per heavy atom. The zero-order valence-electron chi connectivity index (χ0n) is 4.14. The molecule has 0 atom stereocenters. The standard InChI is InChI=1S/C6H6.Cu.FH/c1-2-4-6-5-3-1;;/h1-6H;;1H/q;+1;/p-1. The first kappa shape index (κ1) is 7.67. The SMILES string of the molecule is [F][Cu].c1ccccc1. The maximum absolute atomic E-state index is 9.06. The van der Waals surface area contributed by atoms with Gasteiger partial charge in [0.2, 0.25) is 0 Å². The van der Waals surface area contributed by atoms with Crippen LogP contribution in [0.2, 0.25) is 0 Å². The summed E-state index contributed by atoms with van der Waals surface area (Å²) < 4.78 is 9.06. The molecule has 1 aromatic rings. The van der Waals surface area contributed by atoms with Crippen LogP contribution in [0.5, 0.6) is 0 Å². The summed E-state index contributed by atoms with van der Waals surface area (Å²) in [4.78, 5) is 0. The van der Waals surface area contributed by atoms with E-state index < -0.39 is 0 Å². The van der Waals surface area contributed by atoms with Crippen molar-refractivity contribution in [1.82, 2.24) is 0 Å². The molecule has 0 bridgehead atoms. The number of rotatable bonds is 0. The van der Waals surface area contributed by atoms with Crippen LogP contribution in [0.3, 0.4) is 0 Å². The summed E-state index contributed by atoms with van der Waals surface area (Å²) in [7, 11) is 0. The fourth-order valence-corrected chi connectivity index (χ4v) is 0.385. The average Bonchev–Trinajstić information content (AvgIpc) is 1.96. The quantitative estimate of drug-likeness (QED) is 0.510. The topological polar surface area (TPSA) is 0 Å². The second-order valence-corrected chi connectivity index (χ2v) is 1.15. The molecule has 8 heavy (non-hydrogen) atoms. The fraction of sp³-hybridized carbons (Fsp3) is 0. The van der Waals surface area contributed by atoms with Crippen molar-refractivity contribution in [2.75, 3.05) is 0 Å². The van der Waals surface area contributed by atoms with E-state index in [1.807, 2.05) is 36.4 Å². The Morgan fingerprint density at radius 1 is 0.625 bits per heavy atom. The molecule has 0 aliphatic rings. The molecule has 0 radical (unpaired) electrons. The van der Waals surface area contributed by atoms with Crippen LogP contribution in [0.25, 0.3) is 0 Å². The smallest absolute Gasteiger partial charge is 0.0623 e. The molecule has 0 fully saturated rings. The van der Waals surface area contributed by atoms with Gasteiger partial charge in [-0.25, -0.2) is 0 Å². The van der Waals surface area contributed by atoms with Gasteiger partial charge in [0.25, 0.3) is 0 Å². The summed E-state index contributed by atoms with van der Waals surface area (Å²) in [5, 5.41) is 0. The Kier molecular flexibility index (Phi) is 6.39. The van der Waals surface area contributed by atoms with Gasteiger partial charge in [-0.15, -0.1) is 0 Å². The van der Waals surface area contributed by atoms with Crippen molar-refractivity contribution in [3.05, 3.63) is 36.4 Å². The van der Waals surface area contributed by atoms with Crippen molar-refractivity contribution >= 4 is 0 Å². The molecule has 1 aromatic carbocycles. The third-order valence-electron chi connectivity index (χ3n) is 0.667. The van der Waals surface area contributed by atoms with Crippen LogP contribution in [-0.2, 0) is 16.5 Å². The van der Waals surface area contributed by atoms with Crippen LogP contribution in [0.15, 0.2) is 36.4 Å². The minimum Gasteiger partial charge on any atom is -0.0623 e. The molecule has 0 aliphatic heterocycles. The predicted molar refractivity (Wildman–Crippen MR) is 27.5 cm³/mol. The molecule has 1 rings (SSSR count). The first-order chi connectivity index (χ1) is 4.00. The van der Waals surface area contributed by atoms with E-state index in [4.69, 9.17) is 3.55 Å². The Labute approximate surface area is 57.0 Å². The summed E-state index contributed by atoms with van der Waals surface area (Å²) in [6, 6.07) is 12.0. The second-order valence-electron chi connectivity index (χ2n) is 1.15. The minimum absolute atomic E-state index is 2.00. The molecule has 0 saturated heterocycles. The van der Waals surface area contributed by atoms with Crippen molar-refractivity contribution in [3.63, 3.8) is 0 Å². The average molecular weight is 161 g/mol. The molecule has 0 aliphatic carbocycles. The van der Waals surface area contributed by atoms with Crippen LogP contribution in [0.1, 0.15) is 0 Å². The second kappa shape index (κ2) is 6.67. The van der Waals surface area contributed by atoms with E-state index in [0.29, 0.717) is 0 Å². The van der Waals surface area contributed by atoms with Gasteiger partial charge in [-0.05, 0) is 0 Å². The molecule has 0 spiro atoms. The van der Waals surface area contributed by atoms with Gasteiger partial charge in [-0.2, -0.15) is 0 Å². The summed E-state index contributed by atoms with van der Waals surface area (Å²) in [5.41, 5.74) is 0. The first-order valence-electron chi connectivity index (χ1n) is 2.11. The van der Waals surface area contributed by atoms with Gasteiger partial charge in [0.1, 0.15) is 0 Å². The number of hydrogen-bond acceptors (Lipinski definition) is 0. The van der Waals surface area contributed by atoms with Crippen LogP contribution in [0, 0.1) is 0 Å². The molecule has 0 saturated carbocycles. The molecule has 48 valence electrons. The zero-order valence-corrected chi connectivity index (χ0v) is 5.09. The Morgan fingerprint density at radius 3 is 0.875 bits per heavy atom. The Hall–Kier alpha value is -0.331. The van der Waals surface area contributed by atoms with Crippen molar-refractivity contribution in [1.29, 1.82) is 0 Å². The van der Waals surface area contributed by atoms with Crippen molar-refractivity contribution in [3.8, 4) is 0 Å². The molecule has 0 heterocycles. The van der Waals surface area contributed by atoms with E-state index >= 15 is 0 Å². The van der Waals surface area contributed by atoms with E-state index in [9.17, 15) is 0 Å². The molecule has 0 amide bonds. The molecule has 0 nitrogen and oxygen atoms in total. The third kappa shape index (κ3) is 3.85. The van der Waals surface area contributed by atoms with Crippen molar-refractivity contribution in [2.24, 2.45) is 0 Å². The van der Waals surface area contributed by atoms with Gasteiger partial charge in [-0.3, -0.25) is 0 Å². The molecule has 0 unspecified atom stereocenters. The van der Waals surface area contributed by atoms with Crippen molar-refractivity contribution in [2.45, 2.75) is 0 Å². The zero-order chi connectivity index (χ0) is 6.24.